The molecule has 0 radical (unpaired) electrons. The second-order valence-corrected chi connectivity index (χ2v) is 6.32. The van der Waals surface area contributed by atoms with E-state index in [0.717, 1.165) is 12.2 Å². The zero-order valence-corrected chi connectivity index (χ0v) is 10.4. The summed E-state index contributed by atoms with van der Waals surface area (Å²) < 4.78 is 0. The number of hydrogen-bond donors (Lipinski definition) is 2. The Balaban J connectivity index is 2.33. The van der Waals surface area contributed by atoms with Gasteiger partial charge in [0.25, 0.3) is 0 Å². The largest absolute Gasteiger partial charge is 0.394 e. The minimum Gasteiger partial charge on any atom is -0.394 e. The highest BCUT2D eigenvalue weighted by Gasteiger charge is 2.32. The standard InChI is InChI=1S/C11H23NOS/c1-4-14-9(2)7-11(3,8-13)12-10-5-6-10/h9-10,12-13H,4-8H2,1-3H3. The Labute approximate surface area is 91.9 Å². The zero-order chi connectivity index (χ0) is 10.6. The van der Waals surface area contributed by atoms with E-state index in [1.807, 2.05) is 11.8 Å². The van der Waals surface area contributed by atoms with Crippen LogP contribution in [0.2, 0.25) is 0 Å². The van der Waals surface area contributed by atoms with Crippen molar-refractivity contribution in [3.63, 3.8) is 0 Å². The summed E-state index contributed by atoms with van der Waals surface area (Å²) in [6, 6.07) is 0.672. The van der Waals surface area contributed by atoms with E-state index in [-0.39, 0.29) is 12.1 Å². The monoisotopic (exact) mass is 217 g/mol. The SMILES string of the molecule is CCSC(C)CC(C)(CO)NC1CC1. The fourth-order valence-electron chi connectivity index (χ4n) is 1.87. The predicted octanol–water partition coefficient (Wildman–Crippen LogP) is 2.02. The molecule has 0 saturated heterocycles. The van der Waals surface area contributed by atoms with Gasteiger partial charge in [-0.3, -0.25) is 0 Å². The molecule has 1 rings (SSSR count). The van der Waals surface area contributed by atoms with Crippen LogP contribution in [0.3, 0.4) is 0 Å². The Morgan fingerprint density at radius 3 is 2.64 bits per heavy atom. The van der Waals surface area contributed by atoms with E-state index in [9.17, 15) is 5.11 Å². The van der Waals surface area contributed by atoms with E-state index in [1.54, 1.807) is 0 Å². The van der Waals surface area contributed by atoms with Gasteiger partial charge in [-0.05, 0) is 31.9 Å². The van der Waals surface area contributed by atoms with Crippen LogP contribution in [-0.4, -0.2) is 34.3 Å². The molecule has 0 spiro atoms. The topological polar surface area (TPSA) is 32.3 Å². The molecule has 84 valence electrons. The summed E-state index contributed by atoms with van der Waals surface area (Å²) in [5.41, 5.74) is -0.0667. The van der Waals surface area contributed by atoms with E-state index in [0.29, 0.717) is 11.3 Å². The van der Waals surface area contributed by atoms with E-state index in [4.69, 9.17) is 0 Å². The van der Waals surface area contributed by atoms with Crippen LogP contribution in [0, 0.1) is 0 Å². The second-order valence-electron chi connectivity index (χ2n) is 4.61. The molecule has 1 aliphatic rings. The molecule has 0 aromatic heterocycles. The molecule has 0 bridgehead atoms. The Morgan fingerprint density at radius 2 is 2.21 bits per heavy atom. The van der Waals surface area contributed by atoms with E-state index in [2.05, 4.69) is 26.1 Å². The van der Waals surface area contributed by atoms with Crippen LogP contribution < -0.4 is 5.32 Å². The lowest BCUT2D eigenvalue weighted by atomic mass is 9.97. The highest BCUT2D eigenvalue weighted by Crippen LogP contribution is 2.27. The van der Waals surface area contributed by atoms with E-state index < -0.39 is 0 Å². The van der Waals surface area contributed by atoms with Crippen molar-refractivity contribution in [2.75, 3.05) is 12.4 Å². The molecule has 0 aromatic rings. The van der Waals surface area contributed by atoms with Gasteiger partial charge in [0.05, 0.1) is 6.61 Å². The first kappa shape index (κ1) is 12.3. The molecule has 0 aliphatic heterocycles. The van der Waals surface area contributed by atoms with Crippen molar-refractivity contribution in [1.82, 2.24) is 5.32 Å². The number of aliphatic hydroxyl groups is 1. The molecule has 1 aliphatic carbocycles. The average Bonchev–Trinajstić information content (AvgIpc) is 2.88. The highest BCUT2D eigenvalue weighted by atomic mass is 32.2. The Hall–Kier alpha value is 0.270. The number of aliphatic hydroxyl groups excluding tert-OH is 1. The van der Waals surface area contributed by atoms with E-state index >= 15 is 0 Å². The number of nitrogens with one attached hydrogen (secondary N) is 1. The van der Waals surface area contributed by atoms with Crippen LogP contribution in [0.1, 0.15) is 40.0 Å². The van der Waals surface area contributed by atoms with Crippen LogP contribution in [0.25, 0.3) is 0 Å². The van der Waals surface area contributed by atoms with Gasteiger partial charge in [-0.15, -0.1) is 0 Å². The normalized spacial score (nSPS) is 23.1. The Bertz CT molecular complexity index is 173. The van der Waals surface area contributed by atoms with Crippen molar-refractivity contribution in [3.8, 4) is 0 Å². The van der Waals surface area contributed by atoms with Gasteiger partial charge in [-0.25, -0.2) is 0 Å². The van der Waals surface area contributed by atoms with Gasteiger partial charge in [0, 0.05) is 16.8 Å². The molecule has 0 aromatic carbocycles. The molecule has 1 fully saturated rings. The van der Waals surface area contributed by atoms with Gasteiger partial charge in [0.1, 0.15) is 0 Å². The van der Waals surface area contributed by atoms with Crippen molar-refractivity contribution < 1.29 is 5.11 Å². The first-order valence-corrected chi connectivity index (χ1v) is 6.64. The molecule has 0 heterocycles. The third-order valence-electron chi connectivity index (χ3n) is 2.67. The van der Waals surface area contributed by atoms with Gasteiger partial charge < -0.3 is 10.4 Å². The lowest BCUT2D eigenvalue weighted by Gasteiger charge is -2.31. The van der Waals surface area contributed by atoms with Gasteiger partial charge >= 0.3 is 0 Å². The maximum atomic E-state index is 9.41. The summed E-state index contributed by atoms with van der Waals surface area (Å²) in [5, 5.41) is 13.6. The van der Waals surface area contributed by atoms with Crippen molar-refractivity contribution in [2.24, 2.45) is 0 Å². The van der Waals surface area contributed by atoms with Gasteiger partial charge in [-0.1, -0.05) is 13.8 Å². The minimum atomic E-state index is -0.0667. The smallest absolute Gasteiger partial charge is 0.0611 e. The lowest BCUT2D eigenvalue weighted by Crippen LogP contribution is -2.48. The van der Waals surface area contributed by atoms with Crippen molar-refractivity contribution >= 4 is 11.8 Å². The van der Waals surface area contributed by atoms with Crippen molar-refractivity contribution in [1.29, 1.82) is 0 Å². The number of hydrogen-bond acceptors (Lipinski definition) is 3. The first-order valence-electron chi connectivity index (χ1n) is 5.60. The third kappa shape index (κ3) is 4.20. The molecular formula is C11H23NOS. The summed E-state index contributed by atoms with van der Waals surface area (Å²) >= 11 is 1.97. The molecule has 2 N–H and O–H groups in total. The quantitative estimate of drug-likeness (QED) is 0.684. The van der Waals surface area contributed by atoms with Crippen molar-refractivity contribution in [2.45, 2.75) is 56.9 Å². The predicted molar refractivity (Wildman–Crippen MR) is 63.9 cm³/mol. The first-order chi connectivity index (χ1) is 6.59. The average molecular weight is 217 g/mol. The number of thioether (sulfide) groups is 1. The van der Waals surface area contributed by atoms with Crippen LogP contribution >= 0.6 is 11.8 Å². The van der Waals surface area contributed by atoms with Crippen LogP contribution in [0.4, 0.5) is 0 Å². The maximum Gasteiger partial charge on any atom is 0.0611 e. The molecule has 14 heavy (non-hydrogen) atoms. The molecular weight excluding hydrogens is 194 g/mol. The second kappa shape index (κ2) is 5.38. The van der Waals surface area contributed by atoms with Crippen molar-refractivity contribution in [3.05, 3.63) is 0 Å². The van der Waals surface area contributed by atoms with Gasteiger partial charge in [0.15, 0.2) is 0 Å². The fourth-order valence-corrected chi connectivity index (χ4v) is 2.92. The summed E-state index contributed by atoms with van der Waals surface area (Å²) in [5.74, 6) is 1.16. The summed E-state index contributed by atoms with van der Waals surface area (Å²) in [6.45, 7) is 6.82. The van der Waals surface area contributed by atoms with Gasteiger partial charge in [0.2, 0.25) is 0 Å². The zero-order valence-electron chi connectivity index (χ0n) is 9.55. The Morgan fingerprint density at radius 1 is 1.57 bits per heavy atom. The van der Waals surface area contributed by atoms with Gasteiger partial charge in [-0.2, -0.15) is 11.8 Å². The lowest BCUT2D eigenvalue weighted by molar-refractivity contribution is 0.164. The molecule has 2 nitrogen and oxygen atoms in total. The summed E-state index contributed by atoms with van der Waals surface area (Å²) in [4.78, 5) is 0. The molecule has 2 atom stereocenters. The molecule has 0 amide bonds. The minimum absolute atomic E-state index is 0.0667. The molecule has 3 heteroatoms. The van der Waals surface area contributed by atoms with E-state index in [1.165, 1.54) is 12.8 Å². The fraction of sp³-hybridized carbons (Fsp3) is 1.00. The van der Waals surface area contributed by atoms with Crippen LogP contribution in [-0.2, 0) is 0 Å². The summed E-state index contributed by atoms with van der Waals surface area (Å²) in [7, 11) is 0. The highest BCUT2D eigenvalue weighted by molar-refractivity contribution is 7.99. The number of rotatable bonds is 7. The third-order valence-corrected chi connectivity index (χ3v) is 3.74. The Kier molecular flexibility index (Phi) is 4.74. The summed E-state index contributed by atoms with van der Waals surface area (Å²) in [6.07, 6.45) is 3.62. The van der Waals surface area contributed by atoms with Crippen LogP contribution in [0.5, 0.6) is 0 Å². The maximum absolute atomic E-state index is 9.41. The molecule has 2 unspecified atom stereocenters. The molecule has 1 saturated carbocycles. The van der Waals surface area contributed by atoms with Crippen LogP contribution in [0.15, 0.2) is 0 Å².